The van der Waals surface area contributed by atoms with Gasteiger partial charge >= 0.3 is 0 Å². The lowest BCUT2D eigenvalue weighted by atomic mass is 9.89. The molecule has 0 bridgehead atoms. The number of para-hydroxylation sites is 1. The molecule has 0 N–H and O–H groups in total. The zero-order valence-corrected chi connectivity index (χ0v) is 46.2. The molecule has 384 valence electrons. The van der Waals surface area contributed by atoms with E-state index in [1.165, 1.54) is 105 Å². The molecule has 0 fully saturated rings. The first-order valence-corrected chi connectivity index (χ1v) is 28.0. The first-order chi connectivity index (χ1) is 39.0. The highest BCUT2D eigenvalue weighted by molar-refractivity contribution is 6.07. The van der Waals surface area contributed by atoms with Crippen molar-refractivity contribution in [2.24, 2.45) is 0 Å². The van der Waals surface area contributed by atoms with Crippen LogP contribution < -0.4 is 9.80 Å². The van der Waals surface area contributed by atoms with E-state index in [4.69, 9.17) is 0 Å². The minimum atomic E-state index is 0.818. The van der Waals surface area contributed by atoms with Crippen LogP contribution in [0.5, 0.6) is 0 Å². The van der Waals surface area contributed by atoms with Crippen LogP contribution in [0.15, 0.2) is 279 Å². The number of fused-ring (bicyclic) bond motifs is 8. The predicted molar refractivity (Wildman–Crippen MR) is 341 cm³/mol. The molecule has 0 saturated carbocycles. The average Bonchev–Trinajstić information content (AvgIpc) is 3.62. The minimum Gasteiger partial charge on any atom is -0.344 e. The predicted octanol–water partition coefficient (Wildman–Crippen LogP) is 22.0. The summed E-state index contributed by atoms with van der Waals surface area (Å²) in [5.74, 6) is 0. The first kappa shape index (κ1) is 51.6. The van der Waals surface area contributed by atoms with E-state index in [2.05, 4.69) is 303 Å². The van der Waals surface area contributed by atoms with E-state index in [1.807, 2.05) is 27.7 Å². The van der Waals surface area contributed by atoms with Crippen LogP contribution >= 0.6 is 0 Å². The molecule has 13 rings (SSSR count). The van der Waals surface area contributed by atoms with Crippen LogP contribution in [0.4, 0.5) is 28.4 Å². The van der Waals surface area contributed by atoms with E-state index in [9.17, 15) is 0 Å². The summed E-state index contributed by atoms with van der Waals surface area (Å²) in [5, 5.41) is 2.38. The fraction of sp³-hybridized carbons (Fsp3) is 0.0909. The molecule has 0 aliphatic heterocycles. The molecule has 1 aliphatic rings. The Hall–Kier alpha value is -9.50. The Kier molecular flexibility index (Phi) is 15.3. The number of rotatable bonds is 9. The van der Waals surface area contributed by atoms with Crippen molar-refractivity contribution >= 4 is 39.2 Å². The van der Waals surface area contributed by atoms with Crippen LogP contribution in [0, 0.1) is 6.92 Å². The lowest BCUT2D eigenvalue weighted by molar-refractivity contribution is 1.19. The number of nitrogens with zero attached hydrogens (tertiary/aromatic N) is 2. The van der Waals surface area contributed by atoms with Crippen molar-refractivity contribution in [1.82, 2.24) is 0 Å². The quantitative estimate of drug-likeness (QED) is 0.142. The third kappa shape index (κ3) is 10.2. The average molecular weight is 1020 g/mol. The van der Waals surface area contributed by atoms with Gasteiger partial charge in [0.15, 0.2) is 0 Å². The second kappa shape index (κ2) is 23.4. The van der Waals surface area contributed by atoms with Crippen molar-refractivity contribution in [3.05, 3.63) is 296 Å². The highest BCUT2D eigenvalue weighted by Crippen LogP contribution is 2.48. The van der Waals surface area contributed by atoms with Gasteiger partial charge in [0.2, 0.25) is 0 Å². The number of anilines is 5. The van der Waals surface area contributed by atoms with E-state index >= 15 is 0 Å². The summed E-state index contributed by atoms with van der Waals surface area (Å²) in [6.45, 7) is 10.2. The van der Waals surface area contributed by atoms with E-state index in [0.29, 0.717) is 0 Å². The van der Waals surface area contributed by atoms with Crippen molar-refractivity contribution in [2.45, 2.75) is 41.0 Å². The zero-order chi connectivity index (χ0) is 54.2. The standard InChI is InChI=1S/C73H54N2.2C2H6/c1-50-34-35-54(55-39-44-72(74(2)58-25-10-5-11-26-58)71(48-55)53-22-8-4-9-23-53)47-69(50)67-43-45-73(68-33-19-18-31-65(67)68)75(59-40-36-52(37-41-59)51-20-6-3-7-21-51)60-42-38-57-46-56-24-12-13-27-61(56)62-28-14-15-29-63(62)64-30-16-17-32-66(64)70(57)49-60;2*1-2/h3-45,47-49H,46H2,1-2H3;2*1-2H3. The van der Waals surface area contributed by atoms with Gasteiger partial charge in [-0.25, -0.2) is 0 Å². The smallest absolute Gasteiger partial charge is 0.0540 e. The number of benzene rings is 12. The van der Waals surface area contributed by atoms with Gasteiger partial charge in [-0.2, -0.15) is 0 Å². The summed E-state index contributed by atoms with van der Waals surface area (Å²) in [4.78, 5) is 4.76. The number of aryl methyl sites for hydroxylation is 1. The molecule has 0 heterocycles. The van der Waals surface area contributed by atoms with Crippen molar-refractivity contribution < 1.29 is 0 Å². The molecule has 2 nitrogen and oxygen atoms in total. The van der Waals surface area contributed by atoms with Crippen LogP contribution in [-0.4, -0.2) is 7.05 Å². The van der Waals surface area contributed by atoms with Gasteiger partial charge < -0.3 is 9.80 Å². The molecule has 0 saturated heterocycles. The summed E-state index contributed by atoms with van der Waals surface area (Å²) in [6.07, 6.45) is 0.818. The van der Waals surface area contributed by atoms with Gasteiger partial charge in [-0.15, -0.1) is 0 Å². The van der Waals surface area contributed by atoms with Crippen LogP contribution in [0.25, 0.3) is 88.7 Å². The third-order valence-electron chi connectivity index (χ3n) is 15.3. The second-order valence-corrected chi connectivity index (χ2v) is 19.7. The summed E-state index contributed by atoms with van der Waals surface area (Å²) < 4.78 is 0. The highest BCUT2D eigenvalue weighted by Gasteiger charge is 2.24. The van der Waals surface area contributed by atoms with Crippen LogP contribution in [0.2, 0.25) is 0 Å². The lowest BCUT2D eigenvalue weighted by Gasteiger charge is -2.29. The van der Waals surface area contributed by atoms with E-state index in [-0.39, 0.29) is 0 Å². The van der Waals surface area contributed by atoms with Crippen molar-refractivity contribution in [3.8, 4) is 77.9 Å². The zero-order valence-electron chi connectivity index (χ0n) is 46.2. The molecule has 79 heavy (non-hydrogen) atoms. The fourth-order valence-corrected chi connectivity index (χ4v) is 11.5. The van der Waals surface area contributed by atoms with Gasteiger partial charge in [-0.3, -0.25) is 0 Å². The van der Waals surface area contributed by atoms with E-state index < -0.39 is 0 Å². The third-order valence-corrected chi connectivity index (χ3v) is 15.3. The minimum absolute atomic E-state index is 0.818. The summed E-state index contributed by atoms with van der Waals surface area (Å²) in [7, 11) is 2.16. The van der Waals surface area contributed by atoms with Gasteiger partial charge in [0.1, 0.15) is 0 Å². The second-order valence-electron chi connectivity index (χ2n) is 19.7. The molecule has 0 radical (unpaired) electrons. The molecule has 0 spiro atoms. The Morgan fingerprint density at radius 1 is 0.266 bits per heavy atom. The highest BCUT2D eigenvalue weighted by atomic mass is 15.1. The van der Waals surface area contributed by atoms with Gasteiger partial charge in [0.05, 0.1) is 5.69 Å². The SMILES string of the molecule is CC.CC.Cc1ccc(-c2ccc(N(C)c3ccccc3)c(-c3ccccc3)c2)cc1-c1ccc(N(c2ccc(-c3ccccc3)cc2)c2ccc3c(c2)-c2ccccc2-c2ccccc2-c2ccccc2C3)c2ccccc12. The molecule has 2 heteroatoms. The summed E-state index contributed by atoms with van der Waals surface area (Å²) in [6, 6.07) is 103. The van der Waals surface area contributed by atoms with Crippen LogP contribution in [0.1, 0.15) is 44.4 Å². The Labute approximate surface area is 468 Å². The Balaban J connectivity index is 0.00000162. The maximum absolute atomic E-state index is 2.47. The van der Waals surface area contributed by atoms with E-state index in [1.54, 1.807) is 0 Å². The van der Waals surface area contributed by atoms with Crippen molar-refractivity contribution in [2.75, 3.05) is 16.8 Å². The fourth-order valence-electron chi connectivity index (χ4n) is 11.5. The Morgan fingerprint density at radius 3 is 1.38 bits per heavy atom. The molecule has 12 aromatic carbocycles. The van der Waals surface area contributed by atoms with Gasteiger partial charge in [0.25, 0.3) is 0 Å². The Morgan fingerprint density at radius 2 is 0.722 bits per heavy atom. The number of hydrogen-bond acceptors (Lipinski definition) is 2. The summed E-state index contributed by atoms with van der Waals surface area (Å²) >= 11 is 0. The molecular formula is C77H66N2. The molecule has 0 atom stereocenters. The maximum atomic E-state index is 2.47. The van der Waals surface area contributed by atoms with Crippen molar-refractivity contribution in [3.63, 3.8) is 0 Å². The van der Waals surface area contributed by atoms with Crippen molar-refractivity contribution in [1.29, 1.82) is 0 Å². The molecule has 0 amide bonds. The van der Waals surface area contributed by atoms with Gasteiger partial charge in [-0.1, -0.05) is 246 Å². The topological polar surface area (TPSA) is 6.48 Å². The Bertz CT molecular complexity index is 4050. The normalized spacial score (nSPS) is 11.1. The largest absolute Gasteiger partial charge is 0.344 e. The summed E-state index contributed by atoms with van der Waals surface area (Å²) in [5.41, 5.74) is 26.5. The van der Waals surface area contributed by atoms with Gasteiger partial charge in [0, 0.05) is 40.7 Å². The first-order valence-electron chi connectivity index (χ1n) is 28.0. The molecule has 12 aromatic rings. The molecule has 0 unspecified atom stereocenters. The lowest BCUT2D eigenvalue weighted by Crippen LogP contribution is -2.11. The molecule has 1 aliphatic carbocycles. The van der Waals surface area contributed by atoms with E-state index in [0.717, 1.165) is 34.9 Å². The maximum Gasteiger partial charge on any atom is 0.0540 e. The molecular weight excluding hydrogens is 953 g/mol. The van der Waals surface area contributed by atoms with Crippen LogP contribution in [-0.2, 0) is 6.42 Å². The number of hydrogen-bond donors (Lipinski definition) is 0. The monoisotopic (exact) mass is 1020 g/mol. The van der Waals surface area contributed by atoms with Gasteiger partial charge in [-0.05, 0) is 168 Å². The molecule has 0 aromatic heterocycles. The van der Waals surface area contributed by atoms with Crippen LogP contribution in [0.3, 0.4) is 0 Å².